The number of carbonyl (C=O) groups excluding carboxylic acids is 1. The van der Waals surface area contributed by atoms with Gasteiger partial charge in [0.05, 0.1) is 28.0 Å². The number of aromatic nitrogens is 4. The van der Waals surface area contributed by atoms with E-state index in [9.17, 15) is 4.79 Å². The monoisotopic (exact) mass is 410 g/mol. The van der Waals surface area contributed by atoms with Crippen LogP contribution in [0.1, 0.15) is 28.9 Å². The molecule has 0 spiro atoms. The van der Waals surface area contributed by atoms with Gasteiger partial charge < -0.3 is 9.80 Å². The Hall–Kier alpha value is -2.58. The molecular weight excluding hydrogens is 384 g/mol. The molecule has 4 heterocycles. The second-order valence-electron chi connectivity index (χ2n) is 7.73. The fourth-order valence-corrected chi connectivity index (χ4v) is 4.63. The van der Waals surface area contributed by atoms with Gasteiger partial charge in [-0.05, 0) is 56.8 Å². The van der Waals surface area contributed by atoms with Gasteiger partial charge >= 0.3 is 0 Å². The van der Waals surface area contributed by atoms with Crippen molar-refractivity contribution in [2.24, 2.45) is 5.92 Å². The molecule has 1 fully saturated rings. The highest BCUT2D eigenvalue weighted by Gasteiger charge is 2.24. The van der Waals surface area contributed by atoms with Gasteiger partial charge in [0.1, 0.15) is 0 Å². The molecule has 0 aromatic carbocycles. The molecule has 29 heavy (non-hydrogen) atoms. The summed E-state index contributed by atoms with van der Waals surface area (Å²) < 4.78 is 1.65. The minimum atomic E-state index is -0.00334. The summed E-state index contributed by atoms with van der Waals surface area (Å²) in [6, 6.07) is 5.91. The summed E-state index contributed by atoms with van der Waals surface area (Å²) in [5.41, 5.74) is 2.21. The molecule has 152 valence electrons. The molecule has 0 bridgehead atoms. The molecule has 1 aliphatic rings. The van der Waals surface area contributed by atoms with Crippen LogP contribution in [0, 0.1) is 12.8 Å². The Kier molecular flexibility index (Phi) is 5.73. The van der Waals surface area contributed by atoms with E-state index in [1.165, 1.54) is 12.8 Å². The summed E-state index contributed by atoms with van der Waals surface area (Å²) in [6.45, 7) is 4.84. The van der Waals surface area contributed by atoms with Crippen molar-refractivity contribution in [2.75, 3.05) is 33.7 Å². The average molecular weight is 411 g/mol. The van der Waals surface area contributed by atoms with Gasteiger partial charge in [-0.3, -0.25) is 4.79 Å². The van der Waals surface area contributed by atoms with Gasteiger partial charge in [0, 0.05) is 26.3 Å². The highest BCUT2D eigenvalue weighted by Crippen LogP contribution is 2.23. The molecule has 0 saturated carbocycles. The van der Waals surface area contributed by atoms with Crippen LogP contribution < -0.4 is 0 Å². The van der Waals surface area contributed by atoms with Crippen LogP contribution in [0.15, 0.2) is 36.0 Å². The van der Waals surface area contributed by atoms with Crippen molar-refractivity contribution in [3.05, 3.63) is 47.2 Å². The quantitative estimate of drug-likeness (QED) is 0.647. The lowest BCUT2D eigenvalue weighted by Crippen LogP contribution is -2.40. The molecule has 3 aromatic heterocycles. The molecule has 0 radical (unpaired) electrons. The van der Waals surface area contributed by atoms with Crippen molar-refractivity contribution in [3.63, 3.8) is 0 Å². The predicted molar refractivity (Wildman–Crippen MR) is 114 cm³/mol. The smallest absolute Gasteiger partial charge is 0.257 e. The highest BCUT2D eigenvalue weighted by atomic mass is 32.1. The third kappa shape index (κ3) is 4.23. The number of rotatable bonds is 5. The number of hydrogen-bond donors (Lipinski definition) is 0. The fourth-order valence-electron chi connectivity index (χ4n) is 3.93. The first-order chi connectivity index (χ1) is 14.0. The largest absolute Gasteiger partial charge is 0.341 e. The van der Waals surface area contributed by atoms with Gasteiger partial charge in [-0.1, -0.05) is 6.07 Å². The minimum absolute atomic E-state index is 0.00334. The van der Waals surface area contributed by atoms with E-state index in [0.29, 0.717) is 17.4 Å². The lowest BCUT2D eigenvalue weighted by Gasteiger charge is -2.32. The molecule has 7 nitrogen and oxygen atoms in total. The molecule has 1 atom stereocenters. The summed E-state index contributed by atoms with van der Waals surface area (Å²) in [6.07, 6.45) is 5.72. The first-order valence-corrected chi connectivity index (χ1v) is 10.8. The van der Waals surface area contributed by atoms with Crippen LogP contribution in [0.3, 0.4) is 0 Å². The maximum atomic E-state index is 13.0. The molecule has 0 N–H and O–H groups in total. The summed E-state index contributed by atoms with van der Waals surface area (Å²) >= 11 is 1.63. The average Bonchev–Trinajstić information content (AvgIpc) is 3.37. The van der Waals surface area contributed by atoms with Gasteiger partial charge in [0.2, 0.25) is 0 Å². The zero-order valence-electron chi connectivity index (χ0n) is 17.1. The molecule has 3 aromatic rings. The minimum Gasteiger partial charge on any atom is -0.341 e. The number of nitrogens with zero attached hydrogens (tertiary/aromatic N) is 6. The van der Waals surface area contributed by atoms with E-state index in [1.54, 1.807) is 28.4 Å². The van der Waals surface area contributed by atoms with Crippen LogP contribution in [0.25, 0.3) is 16.5 Å². The zero-order chi connectivity index (χ0) is 20.4. The Balaban J connectivity index is 1.52. The Morgan fingerprint density at radius 1 is 1.38 bits per heavy atom. The third-order valence-electron chi connectivity index (χ3n) is 5.45. The topological polar surface area (TPSA) is 67.2 Å². The summed E-state index contributed by atoms with van der Waals surface area (Å²) in [5.74, 6) is 0.990. The van der Waals surface area contributed by atoms with Crippen molar-refractivity contribution in [1.29, 1.82) is 0 Å². The molecule has 8 heteroatoms. The van der Waals surface area contributed by atoms with Gasteiger partial charge in [-0.15, -0.1) is 11.3 Å². The summed E-state index contributed by atoms with van der Waals surface area (Å²) in [7, 11) is 4.02. The van der Waals surface area contributed by atoms with Crippen molar-refractivity contribution in [2.45, 2.75) is 19.8 Å². The Morgan fingerprint density at radius 3 is 3.00 bits per heavy atom. The van der Waals surface area contributed by atoms with Gasteiger partial charge in [-0.2, -0.15) is 5.10 Å². The van der Waals surface area contributed by atoms with Crippen LogP contribution >= 0.6 is 11.3 Å². The van der Waals surface area contributed by atoms with Crippen LogP contribution in [0.5, 0.6) is 0 Å². The lowest BCUT2D eigenvalue weighted by molar-refractivity contribution is 0.0740. The van der Waals surface area contributed by atoms with E-state index in [4.69, 9.17) is 0 Å². The van der Waals surface area contributed by atoms with E-state index >= 15 is 0 Å². The third-order valence-corrected chi connectivity index (χ3v) is 6.34. The van der Waals surface area contributed by atoms with Gasteiger partial charge in [0.25, 0.3) is 11.9 Å². The maximum absolute atomic E-state index is 13.0. The van der Waals surface area contributed by atoms with Crippen LogP contribution in [-0.2, 0) is 0 Å². The predicted octanol–water partition coefficient (Wildman–Crippen LogP) is 3.11. The molecule has 4 rings (SSSR count). The van der Waals surface area contributed by atoms with Crippen molar-refractivity contribution < 1.29 is 4.79 Å². The molecule has 1 aliphatic heterocycles. The van der Waals surface area contributed by atoms with Gasteiger partial charge in [0.15, 0.2) is 0 Å². The van der Waals surface area contributed by atoms with Crippen molar-refractivity contribution in [1.82, 2.24) is 29.5 Å². The SMILES string of the molecule is Cc1c(C(=O)N(C)C[C@H]2CCCN(C)C2)cnn1-c1nccc(-c2cccs2)n1. The summed E-state index contributed by atoms with van der Waals surface area (Å²) in [5, 5.41) is 6.43. The van der Waals surface area contributed by atoms with Crippen molar-refractivity contribution in [3.8, 4) is 16.5 Å². The molecular formula is C21H26N6OS. The molecule has 0 unspecified atom stereocenters. The highest BCUT2D eigenvalue weighted by molar-refractivity contribution is 7.13. The zero-order valence-corrected chi connectivity index (χ0v) is 17.9. The van der Waals surface area contributed by atoms with Crippen molar-refractivity contribution >= 4 is 17.2 Å². The van der Waals surface area contributed by atoms with E-state index in [1.807, 2.05) is 42.5 Å². The fraction of sp³-hybridized carbons (Fsp3) is 0.429. The molecule has 0 aliphatic carbocycles. The van der Waals surface area contributed by atoms with E-state index in [-0.39, 0.29) is 5.91 Å². The second-order valence-corrected chi connectivity index (χ2v) is 8.68. The number of likely N-dealkylation sites (tertiary alicyclic amines) is 1. The number of piperidine rings is 1. The Morgan fingerprint density at radius 2 is 2.24 bits per heavy atom. The van der Waals surface area contributed by atoms with Gasteiger partial charge in [-0.25, -0.2) is 14.6 Å². The maximum Gasteiger partial charge on any atom is 0.257 e. The summed E-state index contributed by atoms with van der Waals surface area (Å²) in [4.78, 5) is 27.3. The Labute approximate surface area is 175 Å². The normalized spacial score (nSPS) is 17.4. The van der Waals surface area contributed by atoms with E-state index in [0.717, 1.165) is 35.9 Å². The first-order valence-electron chi connectivity index (χ1n) is 9.89. The van der Waals surface area contributed by atoms with Crippen LogP contribution in [-0.4, -0.2) is 69.2 Å². The molecule has 1 saturated heterocycles. The van der Waals surface area contributed by atoms with Crippen LogP contribution in [0.4, 0.5) is 0 Å². The van der Waals surface area contributed by atoms with Crippen LogP contribution in [0.2, 0.25) is 0 Å². The van der Waals surface area contributed by atoms with E-state index < -0.39 is 0 Å². The standard InChI is InChI=1S/C21H26N6OS/c1-15-17(20(28)26(3)14-16-6-4-10-25(2)13-16)12-23-27(15)21-22-9-8-18(24-21)19-7-5-11-29-19/h5,7-9,11-12,16H,4,6,10,13-14H2,1-3H3/t16-/m0/s1. The lowest BCUT2D eigenvalue weighted by atomic mass is 9.98. The van der Waals surface area contributed by atoms with E-state index in [2.05, 4.69) is 27.0 Å². The number of thiophene rings is 1. The second kappa shape index (κ2) is 8.42. The number of carbonyl (C=O) groups is 1. The number of hydrogen-bond acceptors (Lipinski definition) is 6. The Bertz CT molecular complexity index is 983. The number of amides is 1. The molecule has 1 amide bonds. The first kappa shape index (κ1) is 19.7.